The lowest BCUT2D eigenvalue weighted by atomic mass is 9.95. The maximum atomic E-state index is 6.24. The Balaban J connectivity index is 1.06. The van der Waals surface area contributed by atoms with E-state index >= 15 is 0 Å². The van der Waals surface area contributed by atoms with Crippen LogP contribution in [-0.4, -0.2) is 19.9 Å². The van der Waals surface area contributed by atoms with E-state index in [0.717, 1.165) is 60.6 Å². The van der Waals surface area contributed by atoms with E-state index in [9.17, 15) is 0 Å². The second-order valence-corrected chi connectivity index (χ2v) is 14.6. The number of oxazole rings is 1. The quantitative estimate of drug-likeness (QED) is 0.178. The fourth-order valence-electron chi connectivity index (χ4n) is 7.41. The van der Waals surface area contributed by atoms with E-state index in [0.29, 0.717) is 23.4 Å². The summed E-state index contributed by atoms with van der Waals surface area (Å²) in [5, 5.41) is 6.90. The molecule has 0 saturated heterocycles. The van der Waals surface area contributed by atoms with E-state index in [1.807, 2.05) is 60.7 Å². The molecule has 0 unspecified atom stereocenters. The minimum absolute atomic E-state index is 0.637. The summed E-state index contributed by atoms with van der Waals surface area (Å²) < 4.78 is 8.63. The van der Waals surface area contributed by atoms with Gasteiger partial charge in [0.2, 0.25) is 5.89 Å². The molecule has 0 aliphatic carbocycles. The normalized spacial score (nSPS) is 11.7. The summed E-state index contributed by atoms with van der Waals surface area (Å²) in [5.41, 5.74) is 7.70. The Morgan fingerprint density at radius 3 is 1.85 bits per heavy atom. The maximum absolute atomic E-state index is 6.24. The van der Waals surface area contributed by atoms with Crippen LogP contribution in [0.15, 0.2) is 174 Å². The van der Waals surface area contributed by atoms with Gasteiger partial charge in [0.05, 0.1) is 0 Å². The predicted molar refractivity (Wildman–Crippen MR) is 222 cm³/mol. The number of aromatic nitrogens is 4. The minimum atomic E-state index is 0.637. The third-order valence-electron chi connectivity index (χ3n) is 10.1. The molecule has 0 bridgehead atoms. The van der Waals surface area contributed by atoms with Gasteiger partial charge >= 0.3 is 0 Å². The second-order valence-electron chi connectivity index (χ2n) is 13.5. The van der Waals surface area contributed by atoms with Gasteiger partial charge in [-0.25, -0.2) is 19.9 Å². The van der Waals surface area contributed by atoms with Crippen molar-refractivity contribution >= 4 is 64.2 Å². The second kappa shape index (κ2) is 12.3. The van der Waals surface area contributed by atoms with Crippen LogP contribution in [0, 0.1) is 0 Å². The number of hydrogen-bond donors (Lipinski definition) is 0. The molecule has 0 N–H and O–H groups in total. The zero-order valence-electron chi connectivity index (χ0n) is 28.8. The molecular weight excluding hydrogens is 681 g/mol. The Kier molecular flexibility index (Phi) is 6.97. The minimum Gasteiger partial charge on any atom is -0.436 e. The van der Waals surface area contributed by atoms with E-state index < -0.39 is 0 Å². The van der Waals surface area contributed by atoms with Crippen LogP contribution in [0.5, 0.6) is 0 Å². The van der Waals surface area contributed by atoms with Crippen molar-refractivity contribution in [2.75, 3.05) is 0 Å². The summed E-state index contributed by atoms with van der Waals surface area (Å²) in [7, 11) is 0. The Hall–Kier alpha value is -7.02. The van der Waals surface area contributed by atoms with Crippen LogP contribution in [0.3, 0.4) is 0 Å². The number of nitrogens with zero attached hydrogens (tertiary/aromatic N) is 4. The van der Waals surface area contributed by atoms with Crippen LogP contribution < -0.4 is 0 Å². The maximum Gasteiger partial charge on any atom is 0.227 e. The van der Waals surface area contributed by atoms with Gasteiger partial charge in [-0.05, 0) is 81.2 Å². The molecule has 0 amide bonds. The molecule has 8 aromatic carbocycles. The number of hydrogen-bond acceptors (Lipinski definition) is 6. The van der Waals surface area contributed by atoms with E-state index in [4.69, 9.17) is 24.4 Å². The van der Waals surface area contributed by atoms with Crippen molar-refractivity contribution in [2.45, 2.75) is 0 Å². The topological polar surface area (TPSA) is 64.7 Å². The summed E-state index contributed by atoms with van der Waals surface area (Å²) in [5.74, 6) is 2.56. The van der Waals surface area contributed by atoms with Gasteiger partial charge in [0.15, 0.2) is 23.1 Å². The number of benzene rings is 8. The molecule has 11 aromatic rings. The summed E-state index contributed by atoms with van der Waals surface area (Å²) >= 11 is 1.78. The van der Waals surface area contributed by atoms with Crippen molar-refractivity contribution in [2.24, 2.45) is 0 Å². The third-order valence-corrected chi connectivity index (χ3v) is 11.2. The van der Waals surface area contributed by atoms with Gasteiger partial charge in [-0.3, -0.25) is 0 Å². The number of thiophene rings is 1. The van der Waals surface area contributed by atoms with Crippen molar-refractivity contribution in [3.8, 4) is 56.7 Å². The van der Waals surface area contributed by atoms with Crippen LogP contribution in [0.1, 0.15) is 0 Å². The molecule has 0 saturated carbocycles. The Bertz CT molecular complexity index is 3220. The third kappa shape index (κ3) is 5.23. The van der Waals surface area contributed by atoms with Gasteiger partial charge in [0, 0.05) is 42.4 Å². The van der Waals surface area contributed by atoms with Gasteiger partial charge in [-0.15, -0.1) is 11.3 Å². The highest BCUT2D eigenvalue weighted by Crippen LogP contribution is 2.41. The molecule has 3 aromatic heterocycles. The predicted octanol–water partition coefficient (Wildman–Crippen LogP) is 13.0. The molecule has 3 heterocycles. The van der Waals surface area contributed by atoms with Crippen LogP contribution in [-0.2, 0) is 0 Å². The van der Waals surface area contributed by atoms with E-state index in [2.05, 4.69) is 109 Å². The molecule has 5 nitrogen and oxygen atoms in total. The Morgan fingerprint density at radius 2 is 1.02 bits per heavy atom. The molecule has 0 spiro atoms. The van der Waals surface area contributed by atoms with Gasteiger partial charge in [-0.1, -0.05) is 121 Å². The molecule has 0 radical (unpaired) electrons. The van der Waals surface area contributed by atoms with Gasteiger partial charge in [-0.2, -0.15) is 0 Å². The first-order valence-corrected chi connectivity index (χ1v) is 18.7. The summed E-state index contributed by atoms with van der Waals surface area (Å²) in [6.45, 7) is 0. The number of fused-ring (bicyclic) bond motifs is 6. The highest BCUT2D eigenvalue weighted by atomic mass is 32.1. The molecule has 11 rings (SSSR count). The van der Waals surface area contributed by atoms with Crippen LogP contribution in [0.2, 0.25) is 0 Å². The van der Waals surface area contributed by atoms with E-state index in [-0.39, 0.29) is 0 Å². The van der Waals surface area contributed by atoms with E-state index in [1.54, 1.807) is 11.3 Å². The molecule has 0 aliphatic heterocycles. The monoisotopic (exact) mass is 708 g/mol. The molecular formula is C48H28N4OS. The zero-order valence-corrected chi connectivity index (χ0v) is 29.6. The standard InChI is InChI=1S/C48H28N4OS/c1-3-12-30(13-4-1)45-50-46(35-20-19-29-11-7-8-16-32(29)23-35)52-47(51-45)40-25-36(24-34-17-9-10-18-37(34)40)33-21-22-38-39-27-42-41(28-44(39)54-43(38)26-33)49-48(53-42)31-14-5-2-6-15-31/h1-28H. The average Bonchev–Trinajstić information content (AvgIpc) is 3.82. The van der Waals surface area contributed by atoms with Crippen molar-refractivity contribution in [3.05, 3.63) is 170 Å². The summed E-state index contributed by atoms with van der Waals surface area (Å²) in [4.78, 5) is 20.2. The van der Waals surface area contributed by atoms with Crippen molar-refractivity contribution in [1.82, 2.24) is 19.9 Å². The molecule has 6 heteroatoms. The lowest BCUT2D eigenvalue weighted by Crippen LogP contribution is -2.01. The smallest absolute Gasteiger partial charge is 0.227 e. The van der Waals surface area contributed by atoms with Crippen LogP contribution in [0.4, 0.5) is 0 Å². The van der Waals surface area contributed by atoms with Gasteiger partial charge < -0.3 is 4.42 Å². The highest BCUT2D eigenvalue weighted by molar-refractivity contribution is 7.25. The highest BCUT2D eigenvalue weighted by Gasteiger charge is 2.18. The molecule has 0 fully saturated rings. The van der Waals surface area contributed by atoms with Crippen LogP contribution >= 0.6 is 11.3 Å². The van der Waals surface area contributed by atoms with Crippen molar-refractivity contribution < 1.29 is 4.42 Å². The molecule has 0 aliphatic rings. The zero-order chi connectivity index (χ0) is 35.6. The Morgan fingerprint density at radius 1 is 0.370 bits per heavy atom. The SMILES string of the molecule is c1ccc(-c2nc(-c3ccc4ccccc4c3)nc(-c3cc(-c4ccc5c(c4)sc4cc6nc(-c7ccccc7)oc6cc45)cc4ccccc34)n2)cc1. The lowest BCUT2D eigenvalue weighted by molar-refractivity contribution is 0.620. The molecule has 252 valence electrons. The number of rotatable bonds is 5. The van der Waals surface area contributed by atoms with Gasteiger partial charge in [0.25, 0.3) is 0 Å². The fourth-order valence-corrected chi connectivity index (χ4v) is 8.57. The fraction of sp³-hybridized carbons (Fsp3) is 0. The summed E-state index contributed by atoms with van der Waals surface area (Å²) in [6, 6.07) is 58.9. The first kappa shape index (κ1) is 30.6. The van der Waals surface area contributed by atoms with E-state index in [1.165, 1.54) is 25.6 Å². The molecule has 54 heavy (non-hydrogen) atoms. The average molecular weight is 709 g/mol. The lowest BCUT2D eigenvalue weighted by Gasteiger charge is -2.13. The van der Waals surface area contributed by atoms with Crippen molar-refractivity contribution in [1.29, 1.82) is 0 Å². The largest absolute Gasteiger partial charge is 0.436 e. The summed E-state index contributed by atoms with van der Waals surface area (Å²) in [6.07, 6.45) is 0. The van der Waals surface area contributed by atoms with Crippen LogP contribution in [0.25, 0.3) is 110 Å². The van der Waals surface area contributed by atoms with Crippen molar-refractivity contribution in [3.63, 3.8) is 0 Å². The molecule has 0 atom stereocenters. The Labute approximate surface area is 313 Å². The first-order valence-electron chi connectivity index (χ1n) is 17.9. The van der Waals surface area contributed by atoms with Gasteiger partial charge in [0.1, 0.15) is 5.52 Å². The first-order chi connectivity index (χ1) is 26.7.